The van der Waals surface area contributed by atoms with Crippen molar-refractivity contribution in [2.75, 3.05) is 45.8 Å². The first-order chi connectivity index (χ1) is 23.8. The van der Waals surface area contributed by atoms with Crippen LogP contribution in [0.25, 0.3) is 11.0 Å². The predicted molar refractivity (Wildman–Crippen MR) is 184 cm³/mol. The largest absolute Gasteiger partial charge is 0.466 e. The van der Waals surface area contributed by atoms with E-state index in [1.807, 2.05) is 36.1 Å². The van der Waals surface area contributed by atoms with Crippen molar-refractivity contribution in [3.8, 4) is 0 Å². The Morgan fingerprint density at radius 3 is 2.43 bits per heavy atom. The Morgan fingerprint density at radius 1 is 1.00 bits per heavy atom. The highest BCUT2D eigenvalue weighted by molar-refractivity contribution is 6.34. The average Bonchev–Trinajstić information content (AvgIpc) is 3.87. The number of anilines is 1. The molecule has 1 saturated carbocycles. The number of nitrogens with zero attached hydrogens (tertiary/aromatic N) is 2. The molecule has 4 atom stereocenters. The number of para-hydroxylation sites is 1. The van der Waals surface area contributed by atoms with E-state index in [2.05, 4.69) is 10.2 Å². The summed E-state index contributed by atoms with van der Waals surface area (Å²) in [6, 6.07) is 12.5. The average molecular weight is 696 g/mol. The summed E-state index contributed by atoms with van der Waals surface area (Å²) < 4.78 is 29.2. The van der Waals surface area contributed by atoms with Crippen molar-refractivity contribution in [2.24, 2.45) is 5.92 Å². The maximum Gasteiger partial charge on any atom is 0.308 e. The van der Waals surface area contributed by atoms with E-state index in [0.29, 0.717) is 48.1 Å². The number of nitrogens with one attached hydrogen (secondary N) is 1. The van der Waals surface area contributed by atoms with Gasteiger partial charge in [0.15, 0.2) is 0 Å². The topological polar surface area (TPSA) is 120 Å². The lowest BCUT2D eigenvalue weighted by Gasteiger charge is -2.40. The van der Waals surface area contributed by atoms with Gasteiger partial charge in [-0.3, -0.25) is 19.3 Å². The fraction of sp³-hybridized carbons (Fsp3) is 0.541. The first-order valence-corrected chi connectivity index (χ1v) is 17.6. The summed E-state index contributed by atoms with van der Waals surface area (Å²) in [5.74, 6) is -0.560. The minimum atomic E-state index is -0.339. The summed E-state index contributed by atoms with van der Waals surface area (Å²) in [6.45, 7) is 4.11. The number of benzene rings is 2. The van der Waals surface area contributed by atoms with Gasteiger partial charge in [0.05, 0.1) is 59.6 Å². The number of methoxy groups -OCH3 is 2. The quantitative estimate of drug-likeness (QED) is 0.239. The molecule has 3 aromatic rings. The second kappa shape index (κ2) is 16.0. The number of hydrogen-bond donors (Lipinski definition) is 1. The number of halogens is 1. The van der Waals surface area contributed by atoms with Gasteiger partial charge in [-0.25, -0.2) is 0 Å². The van der Waals surface area contributed by atoms with Gasteiger partial charge in [0.2, 0.25) is 5.91 Å². The molecule has 1 aromatic heterocycles. The van der Waals surface area contributed by atoms with Crippen molar-refractivity contribution in [3.63, 3.8) is 0 Å². The Bertz CT molecular complexity index is 1610. The smallest absolute Gasteiger partial charge is 0.308 e. The van der Waals surface area contributed by atoms with Crippen molar-refractivity contribution >= 4 is 46.0 Å². The summed E-state index contributed by atoms with van der Waals surface area (Å²) in [7, 11) is 3.39. The van der Waals surface area contributed by atoms with Crippen molar-refractivity contribution in [1.82, 2.24) is 9.80 Å². The summed E-state index contributed by atoms with van der Waals surface area (Å²) in [5.41, 5.74) is 2.25. The molecule has 11 nitrogen and oxygen atoms in total. The van der Waals surface area contributed by atoms with Crippen molar-refractivity contribution < 1.29 is 37.7 Å². The lowest BCUT2D eigenvalue weighted by atomic mass is 9.87. The predicted octanol–water partition coefficient (Wildman–Crippen LogP) is 5.68. The molecule has 2 amide bonds. The van der Waals surface area contributed by atoms with Crippen LogP contribution in [0.3, 0.4) is 0 Å². The van der Waals surface area contributed by atoms with E-state index in [4.69, 9.17) is 35.0 Å². The van der Waals surface area contributed by atoms with Crippen molar-refractivity contribution in [1.29, 1.82) is 0 Å². The number of furan rings is 1. The number of hydrogen-bond acceptors (Lipinski definition) is 9. The summed E-state index contributed by atoms with van der Waals surface area (Å²) >= 11 is 6.63. The molecule has 3 heterocycles. The molecule has 49 heavy (non-hydrogen) atoms. The number of ether oxygens (including phenoxy) is 4. The van der Waals surface area contributed by atoms with E-state index in [0.717, 1.165) is 49.5 Å². The minimum Gasteiger partial charge on any atom is -0.466 e. The van der Waals surface area contributed by atoms with Crippen LogP contribution in [0.5, 0.6) is 0 Å². The van der Waals surface area contributed by atoms with E-state index < -0.39 is 0 Å². The van der Waals surface area contributed by atoms with Crippen LogP contribution in [-0.4, -0.2) is 98.6 Å². The molecule has 2 saturated heterocycles. The number of fused-ring (bicyclic) bond motifs is 1. The van der Waals surface area contributed by atoms with Crippen LogP contribution in [-0.2, 0) is 35.0 Å². The van der Waals surface area contributed by atoms with Crippen LogP contribution in [0, 0.1) is 5.92 Å². The van der Waals surface area contributed by atoms with Crippen molar-refractivity contribution in [2.45, 2.75) is 82.5 Å². The molecule has 2 aliphatic heterocycles. The summed E-state index contributed by atoms with van der Waals surface area (Å²) in [5, 5.41) is 3.93. The van der Waals surface area contributed by atoms with Crippen LogP contribution in [0.2, 0.25) is 5.02 Å². The Balaban J connectivity index is 1.13. The van der Waals surface area contributed by atoms with Gasteiger partial charge in [0, 0.05) is 39.2 Å². The second-order valence-electron chi connectivity index (χ2n) is 13.1. The zero-order chi connectivity index (χ0) is 34.5. The zero-order valence-corrected chi connectivity index (χ0v) is 29.2. The fourth-order valence-corrected chi connectivity index (χ4v) is 7.78. The molecule has 3 fully saturated rings. The van der Waals surface area contributed by atoms with Crippen LogP contribution in [0.1, 0.15) is 61.4 Å². The molecular formula is C37H46ClN3O8. The third-order valence-corrected chi connectivity index (χ3v) is 10.5. The van der Waals surface area contributed by atoms with E-state index in [-0.39, 0.29) is 60.7 Å². The maximum absolute atomic E-state index is 13.9. The van der Waals surface area contributed by atoms with E-state index >= 15 is 0 Å². The van der Waals surface area contributed by atoms with Gasteiger partial charge in [0.1, 0.15) is 18.1 Å². The molecular weight excluding hydrogens is 650 g/mol. The Labute approximate surface area is 292 Å². The lowest BCUT2D eigenvalue weighted by Crippen LogP contribution is -2.53. The van der Waals surface area contributed by atoms with Crippen LogP contribution >= 0.6 is 11.6 Å². The fourth-order valence-electron chi connectivity index (χ4n) is 7.53. The Kier molecular flexibility index (Phi) is 11.6. The zero-order valence-electron chi connectivity index (χ0n) is 28.4. The third kappa shape index (κ3) is 7.97. The molecule has 6 rings (SSSR count). The second-order valence-corrected chi connectivity index (χ2v) is 13.5. The molecule has 0 spiro atoms. The van der Waals surface area contributed by atoms with Gasteiger partial charge in [-0.05, 0) is 69.2 Å². The number of likely N-dealkylation sites (tertiary alicyclic amines) is 2. The summed E-state index contributed by atoms with van der Waals surface area (Å²) in [4.78, 5) is 43.5. The standard InChI is InChI=1S/C37H46ClN3O8/c1-4-47-37(44)24-12-14-25(15-13-24)49-36(40-20-32(45-2)33(21-40)46-3)30-9-7-17-41(30)34(42)19-23-11-16-29(28(38)18-23)39-35(43)27-22-48-31-10-6-5-8-26(27)31/h5-6,8,10-11,16,18,22,24-25,30,32-33,36H,4,7,9,12-15,17,19-21H2,1-3H3,(H,39,43)/t24?,25?,30-,32-,33+,36?/m0/s1. The normalized spacial score (nSPS) is 25.1. The van der Waals surface area contributed by atoms with Crippen molar-refractivity contribution in [3.05, 3.63) is 64.9 Å². The molecule has 1 aliphatic carbocycles. The van der Waals surface area contributed by atoms with Crippen LogP contribution in [0.15, 0.2) is 53.1 Å². The molecule has 1 unspecified atom stereocenters. The van der Waals surface area contributed by atoms with Crippen LogP contribution < -0.4 is 5.32 Å². The first-order valence-electron chi connectivity index (χ1n) is 17.3. The van der Waals surface area contributed by atoms with Gasteiger partial charge >= 0.3 is 5.97 Å². The Morgan fingerprint density at radius 2 is 1.73 bits per heavy atom. The minimum absolute atomic E-state index is 0.00869. The SMILES string of the molecule is CCOC(=O)C1CCC(OC([C@@H]2CCCN2C(=O)Cc2ccc(NC(=O)c3coc4ccccc34)c(Cl)c2)N2C[C@H](OC)[C@H](OC)C2)CC1. The number of carbonyl (C=O) groups excluding carboxylic acids is 3. The molecule has 12 heteroatoms. The number of carbonyl (C=O) groups is 3. The number of esters is 1. The number of amides is 2. The highest BCUT2D eigenvalue weighted by atomic mass is 35.5. The van der Waals surface area contributed by atoms with E-state index in [1.54, 1.807) is 32.4 Å². The number of rotatable bonds is 12. The van der Waals surface area contributed by atoms with Crippen LogP contribution in [0.4, 0.5) is 5.69 Å². The van der Waals surface area contributed by atoms with E-state index in [9.17, 15) is 14.4 Å². The molecule has 1 N–H and O–H groups in total. The third-order valence-electron chi connectivity index (χ3n) is 10.1. The molecule has 2 aromatic carbocycles. The lowest BCUT2D eigenvalue weighted by molar-refractivity contribution is -0.160. The van der Waals surface area contributed by atoms with Gasteiger partial charge in [0.25, 0.3) is 5.91 Å². The molecule has 0 radical (unpaired) electrons. The molecule has 3 aliphatic rings. The highest BCUT2D eigenvalue weighted by Crippen LogP contribution is 2.34. The first kappa shape index (κ1) is 35.3. The Hall–Kier alpha value is -3.48. The molecule has 0 bridgehead atoms. The highest BCUT2D eigenvalue weighted by Gasteiger charge is 2.45. The van der Waals surface area contributed by atoms with Gasteiger partial charge in [-0.15, -0.1) is 0 Å². The van der Waals surface area contributed by atoms with Gasteiger partial charge < -0.3 is 33.6 Å². The summed E-state index contributed by atoms with van der Waals surface area (Å²) in [6.07, 6.45) is 5.67. The monoisotopic (exact) mass is 695 g/mol. The van der Waals surface area contributed by atoms with E-state index in [1.165, 1.54) is 6.26 Å². The van der Waals surface area contributed by atoms with Gasteiger partial charge in [-0.2, -0.15) is 0 Å². The van der Waals surface area contributed by atoms with Gasteiger partial charge in [-0.1, -0.05) is 35.9 Å². The molecule has 264 valence electrons. The maximum atomic E-state index is 13.9.